The van der Waals surface area contributed by atoms with Crippen molar-refractivity contribution in [2.75, 3.05) is 34.2 Å². The van der Waals surface area contributed by atoms with Crippen LogP contribution < -0.4 is 4.74 Å². The molecule has 0 fully saturated rings. The zero-order chi connectivity index (χ0) is 17.5. The van der Waals surface area contributed by atoms with Crippen LogP contribution in [0.15, 0.2) is 18.2 Å². The van der Waals surface area contributed by atoms with Gasteiger partial charge in [0.2, 0.25) is 0 Å². The molecule has 1 atom stereocenters. The lowest BCUT2D eigenvalue weighted by molar-refractivity contribution is -0.153. The Kier molecular flexibility index (Phi) is 6.45. The second-order valence-corrected chi connectivity index (χ2v) is 5.29. The van der Waals surface area contributed by atoms with Gasteiger partial charge in [-0.2, -0.15) is 0 Å². The van der Waals surface area contributed by atoms with Crippen molar-refractivity contribution in [3.05, 3.63) is 29.3 Å². The van der Waals surface area contributed by atoms with Gasteiger partial charge in [-0.05, 0) is 36.6 Å². The van der Waals surface area contributed by atoms with Gasteiger partial charge in [-0.25, -0.2) is 4.79 Å². The highest BCUT2D eigenvalue weighted by atomic mass is 16.7. The predicted octanol–water partition coefficient (Wildman–Crippen LogP) is 1.17. The van der Waals surface area contributed by atoms with Crippen LogP contribution in [0.1, 0.15) is 22.3 Å². The van der Waals surface area contributed by atoms with Crippen LogP contribution in [0.4, 0.5) is 0 Å². The van der Waals surface area contributed by atoms with Crippen molar-refractivity contribution in [1.29, 1.82) is 0 Å². The SMILES string of the molecule is COCCOCOc1ccc2c(c1)CCC(C(=O)C(=O)OC)C2=O. The number of ether oxygens (including phenoxy) is 4. The largest absolute Gasteiger partial charge is 0.468 e. The van der Waals surface area contributed by atoms with Crippen molar-refractivity contribution in [3.63, 3.8) is 0 Å². The van der Waals surface area contributed by atoms with Gasteiger partial charge < -0.3 is 18.9 Å². The van der Waals surface area contributed by atoms with E-state index in [2.05, 4.69) is 4.74 Å². The maximum atomic E-state index is 12.4. The molecule has 0 saturated heterocycles. The van der Waals surface area contributed by atoms with Gasteiger partial charge in [-0.15, -0.1) is 0 Å². The molecule has 1 unspecified atom stereocenters. The molecule has 0 heterocycles. The first kappa shape index (κ1) is 18.1. The third-order valence-electron chi connectivity index (χ3n) is 3.80. The van der Waals surface area contributed by atoms with Crippen LogP contribution in [0, 0.1) is 5.92 Å². The number of hydrogen-bond acceptors (Lipinski definition) is 7. The molecule has 0 N–H and O–H groups in total. The van der Waals surface area contributed by atoms with E-state index in [-0.39, 0.29) is 19.0 Å². The van der Waals surface area contributed by atoms with Crippen molar-refractivity contribution < 1.29 is 33.3 Å². The Bertz CT molecular complexity index is 623. The van der Waals surface area contributed by atoms with E-state index in [4.69, 9.17) is 14.2 Å². The van der Waals surface area contributed by atoms with Gasteiger partial charge in [0.05, 0.1) is 26.2 Å². The number of methoxy groups -OCH3 is 2. The normalized spacial score (nSPS) is 16.4. The molecule has 7 heteroatoms. The molecule has 130 valence electrons. The fraction of sp³-hybridized carbons (Fsp3) is 0.471. The molecule has 0 spiro atoms. The second-order valence-electron chi connectivity index (χ2n) is 5.29. The number of hydrogen-bond donors (Lipinski definition) is 0. The molecule has 0 amide bonds. The molecule has 7 nitrogen and oxygen atoms in total. The van der Waals surface area contributed by atoms with Crippen molar-refractivity contribution in [2.24, 2.45) is 5.92 Å². The third-order valence-corrected chi connectivity index (χ3v) is 3.80. The Morgan fingerprint density at radius 3 is 2.71 bits per heavy atom. The first-order valence-electron chi connectivity index (χ1n) is 7.57. The van der Waals surface area contributed by atoms with Crippen LogP contribution >= 0.6 is 0 Å². The number of aryl methyl sites for hydroxylation is 1. The second kappa shape index (κ2) is 8.56. The molecular weight excluding hydrogens is 316 g/mol. The third kappa shape index (κ3) is 4.18. The van der Waals surface area contributed by atoms with Gasteiger partial charge in [0, 0.05) is 12.7 Å². The standard InChI is InChI=1S/C17H20O7/c1-21-7-8-23-10-24-12-4-6-13-11(9-12)3-5-14(15(13)18)16(19)17(20)22-2/h4,6,9,14H,3,5,7-8,10H2,1-2H3. The van der Waals surface area contributed by atoms with Crippen LogP contribution in [0.25, 0.3) is 0 Å². The lowest BCUT2D eigenvalue weighted by Crippen LogP contribution is -2.34. The summed E-state index contributed by atoms with van der Waals surface area (Å²) in [5.74, 6) is -2.51. The monoisotopic (exact) mass is 336 g/mol. The summed E-state index contributed by atoms with van der Waals surface area (Å²) in [4.78, 5) is 35.7. The van der Waals surface area contributed by atoms with Crippen LogP contribution in [-0.2, 0) is 30.2 Å². The molecular formula is C17H20O7. The van der Waals surface area contributed by atoms with E-state index in [0.29, 0.717) is 30.9 Å². The number of ketones is 2. The number of fused-ring (bicyclic) bond motifs is 1. The quantitative estimate of drug-likeness (QED) is 0.231. The molecule has 0 saturated carbocycles. The maximum absolute atomic E-state index is 12.4. The summed E-state index contributed by atoms with van der Waals surface area (Å²) in [6.45, 7) is 0.994. The Labute approximate surface area is 139 Å². The number of carbonyl (C=O) groups is 3. The van der Waals surface area contributed by atoms with Crippen molar-refractivity contribution >= 4 is 17.5 Å². The van der Waals surface area contributed by atoms with E-state index in [1.54, 1.807) is 25.3 Å². The number of carbonyl (C=O) groups excluding carboxylic acids is 3. The minimum atomic E-state index is -0.982. The first-order valence-corrected chi connectivity index (χ1v) is 7.57. The molecule has 1 aromatic rings. The highest BCUT2D eigenvalue weighted by Gasteiger charge is 2.36. The van der Waals surface area contributed by atoms with E-state index in [9.17, 15) is 14.4 Å². The lowest BCUT2D eigenvalue weighted by Gasteiger charge is -2.22. The van der Waals surface area contributed by atoms with Crippen LogP contribution in [0.2, 0.25) is 0 Å². The first-order chi connectivity index (χ1) is 11.6. The fourth-order valence-corrected chi connectivity index (χ4v) is 2.53. The number of benzene rings is 1. The lowest BCUT2D eigenvalue weighted by atomic mass is 9.80. The Hall–Kier alpha value is -2.25. The van der Waals surface area contributed by atoms with Gasteiger partial charge in [0.1, 0.15) is 5.75 Å². The Morgan fingerprint density at radius 2 is 2.00 bits per heavy atom. The summed E-state index contributed by atoms with van der Waals surface area (Å²) in [6, 6.07) is 5.01. The Morgan fingerprint density at radius 1 is 1.21 bits per heavy atom. The van der Waals surface area contributed by atoms with Crippen molar-refractivity contribution in [2.45, 2.75) is 12.8 Å². The van der Waals surface area contributed by atoms with E-state index in [1.807, 2.05) is 0 Å². The summed E-state index contributed by atoms with van der Waals surface area (Å²) < 4.78 is 19.9. The van der Waals surface area contributed by atoms with Gasteiger partial charge in [0.15, 0.2) is 12.6 Å². The van der Waals surface area contributed by atoms with Crippen LogP contribution in [0.3, 0.4) is 0 Å². The van der Waals surface area contributed by atoms with E-state index in [1.165, 1.54) is 0 Å². The average molecular weight is 336 g/mol. The molecule has 0 radical (unpaired) electrons. The average Bonchev–Trinajstić information content (AvgIpc) is 2.60. The summed E-state index contributed by atoms with van der Waals surface area (Å²) in [7, 11) is 2.71. The molecule has 0 aliphatic heterocycles. The molecule has 2 rings (SSSR count). The molecule has 1 aromatic carbocycles. The molecule has 1 aliphatic carbocycles. The predicted molar refractivity (Wildman–Crippen MR) is 82.9 cm³/mol. The minimum absolute atomic E-state index is 0.0829. The highest BCUT2D eigenvalue weighted by molar-refractivity contribution is 6.39. The Balaban J connectivity index is 2.01. The summed E-state index contributed by atoms with van der Waals surface area (Å²) in [6.07, 6.45) is 0.795. The van der Waals surface area contributed by atoms with E-state index in [0.717, 1.165) is 12.7 Å². The molecule has 0 bridgehead atoms. The zero-order valence-electron chi connectivity index (χ0n) is 13.7. The number of esters is 1. The van der Waals surface area contributed by atoms with Gasteiger partial charge in [0.25, 0.3) is 5.78 Å². The summed E-state index contributed by atoms with van der Waals surface area (Å²) in [5, 5.41) is 0. The molecule has 24 heavy (non-hydrogen) atoms. The van der Waals surface area contributed by atoms with Gasteiger partial charge in [-0.3, -0.25) is 9.59 Å². The molecule has 0 aromatic heterocycles. The van der Waals surface area contributed by atoms with Crippen molar-refractivity contribution in [1.82, 2.24) is 0 Å². The van der Waals surface area contributed by atoms with Gasteiger partial charge >= 0.3 is 5.97 Å². The van der Waals surface area contributed by atoms with Gasteiger partial charge in [-0.1, -0.05) is 0 Å². The smallest absolute Gasteiger partial charge is 0.375 e. The van der Waals surface area contributed by atoms with Crippen LogP contribution in [-0.4, -0.2) is 51.8 Å². The summed E-state index contributed by atoms with van der Waals surface area (Å²) >= 11 is 0. The summed E-state index contributed by atoms with van der Waals surface area (Å²) in [5.41, 5.74) is 1.24. The van der Waals surface area contributed by atoms with Crippen LogP contribution in [0.5, 0.6) is 5.75 Å². The maximum Gasteiger partial charge on any atom is 0.375 e. The fourth-order valence-electron chi connectivity index (χ4n) is 2.53. The zero-order valence-corrected chi connectivity index (χ0v) is 13.7. The van der Waals surface area contributed by atoms with E-state index >= 15 is 0 Å². The topological polar surface area (TPSA) is 88.1 Å². The minimum Gasteiger partial charge on any atom is -0.468 e. The number of rotatable bonds is 8. The van der Waals surface area contributed by atoms with E-state index < -0.39 is 17.7 Å². The molecule has 1 aliphatic rings. The highest BCUT2D eigenvalue weighted by Crippen LogP contribution is 2.29. The number of Topliss-reactive ketones (excluding diaryl/α,β-unsaturated/α-hetero) is 2. The van der Waals surface area contributed by atoms with Crippen molar-refractivity contribution in [3.8, 4) is 5.75 Å².